The van der Waals surface area contributed by atoms with Crippen LogP contribution in [0.3, 0.4) is 0 Å². The van der Waals surface area contributed by atoms with Crippen molar-refractivity contribution in [1.29, 1.82) is 0 Å². The Labute approximate surface area is 194 Å². The molecule has 1 saturated heterocycles. The minimum Gasteiger partial charge on any atom is -0.507 e. The number of ketones is 1. The van der Waals surface area contributed by atoms with Crippen molar-refractivity contribution in [2.75, 3.05) is 26.2 Å². The van der Waals surface area contributed by atoms with Gasteiger partial charge in [0.15, 0.2) is 0 Å². The standard InChI is InChI=1S/C26H32N2O5/c1-5-27(6-2)12-7-13-28-23(21-10-8-16(3)32-21)22(25(30)26(28)31)24(29)18-9-11-20-19(15-18)14-17(4)33-20/h8-11,15,17,23,29H,5-7,12-14H2,1-4H3/b24-22+/t17-,23-/m1/s1. The first-order valence-electron chi connectivity index (χ1n) is 11.7. The molecule has 7 heteroatoms. The highest BCUT2D eigenvalue weighted by Crippen LogP contribution is 2.41. The van der Waals surface area contributed by atoms with E-state index < -0.39 is 17.7 Å². The number of furan rings is 1. The van der Waals surface area contributed by atoms with Gasteiger partial charge in [0.1, 0.15) is 35.2 Å². The number of Topliss-reactive ketones (excluding diaryl/α,β-unsaturated/α-hetero) is 1. The molecule has 1 N–H and O–H groups in total. The Morgan fingerprint density at radius 1 is 1.18 bits per heavy atom. The summed E-state index contributed by atoms with van der Waals surface area (Å²) >= 11 is 0. The summed E-state index contributed by atoms with van der Waals surface area (Å²) in [6.45, 7) is 11.1. The molecule has 3 heterocycles. The summed E-state index contributed by atoms with van der Waals surface area (Å²) in [4.78, 5) is 30.0. The molecule has 0 radical (unpaired) electrons. The van der Waals surface area contributed by atoms with Crippen LogP contribution in [0, 0.1) is 6.92 Å². The van der Waals surface area contributed by atoms with Crippen LogP contribution >= 0.6 is 0 Å². The Morgan fingerprint density at radius 2 is 1.94 bits per heavy atom. The third kappa shape index (κ3) is 4.42. The number of aliphatic hydroxyl groups excluding tert-OH is 1. The van der Waals surface area contributed by atoms with Gasteiger partial charge in [-0.1, -0.05) is 13.8 Å². The minimum atomic E-state index is -0.751. The van der Waals surface area contributed by atoms with Crippen molar-refractivity contribution in [3.63, 3.8) is 0 Å². The second-order valence-electron chi connectivity index (χ2n) is 8.78. The highest BCUT2D eigenvalue weighted by molar-refractivity contribution is 6.46. The molecule has 7 nitrogen and oxygen atoms in total. The van der Waals surface area contributed by atoms with Crippen LogP contribution in [0.2, 0.25) is 0 Å². The monoisotopic (exact) mass is 452 g/mol. The second-order valence-corrected chi connectivity index (χ2v) is 8.78. The van der Waals surface area contributed by atoms with Crippen molar-refractivity contribution >= 4 is 17.4 Å². The van der Waals surface area contributed by atoms with Gasteiger partial charge in [-0.05, 0) is 75.8 Å². The average molecular weight is 453 g/mol. The number of hydrogen-bond donors (Lipinski definition) is 1. The molecular weight excluding hydrogens is 420 g/mol. The Kier molecular flexibility index (Phi) is 6.61. The molecule has 176 valence electrons. The van der Waals surface area contributed by atoms with Gasteiger partial charge >= 0.3 is 0 Å². The fourth-order valence-electron chi connectivity index (χ4n) is 4.74. The number of aryl methyl sites for hydroxylation is 1. The summed E-state index contributed by atoms with van der Waals surface area (Å²) in [6.07, 6.45) is 1.52. The third-order valence-electron chi connectivity index (χ3n) is 6.51. The number of rotatable bonds is 8. The predicted molar refractivity (Wildman–Crippen MR) is 125 cm³/mol. The zero-order valence-corrected chi connectivity index (χ0v) is 19.8. The molecule has 1 aromatic heterocycles. The maximum absolute atomic E-state index is 13.1. The zero-order chi connectivity index (χ0) is 23.7. The lowest BCUT2D eigenvalue weighted by Gasteiger charge is -2.25. The Morgan fingerprint density at radius 3 is 2.61 bits per heavy atom. The topological polar surface area (TPSA) is 83.2 Å². The Bertz CT molecular complexity index is 1080. The van der Waals surface area contributed by atoms with Crippen LogP contribution in [0.15, 0.2) is 40.3 Å². The normalized spacial score (nSPS) is 21.7. The maximum Gasteiger partial charge on any atom is 0.295 e. The second kappa shape index (κ2) is 9.43. The molecule has 1 aromatic carbocycles. The van der Waals surface area contributed by atoms with Crippen LogP contribution in [0.25, 0.3) is 5.76 Å². The zero-order valence-electron chi connectivity index (χ0n) is 19.8. The fraction of sp³-hybridized carbons (Fsp3) is 0.462. The first-order valence-corrected chi connectivity index (χ1v) is 11.7. The lowest BCUT2D eigenvalue weighted by molar-refractivity contribution is -0.140. The van der Waals surface area contributed by atoms with E-state index in [9.17, 15) is 14.7 Å². The molecule has 0 saturated carbocycles. The van der Waals surface area contributed by atoms with Crippen molar-refractivity contribution in [3.8, 4) is 5.75 Å². The molecule has 2 atom stereocenters. The number of nitrogens with zero attached hydrogens (tertiary/aromatic N) is 2. The van der Waals surface area contributed by atoms with E-state index in [1.165, 1.54) is 4.90 Å². The van der Waals surface area contributed by atoms with Crippen molar-refractivity contribution in [2.24, 2.45) is 0 Å². The highest BCUT2D eigenvalue weighted by atomic mass is 16.5. The Balaban J connectivity index is 1.70. The summed E-state index contributed by atoms with van der Waals surface area (Å²) in [5.41, 5.74) is 1.55. The van der Waals surface area contributed by atoms with Crippen LogP contribution in [-0.4, -0.2) is 58.9 Å². The van der Waals surface area contributed by atoms with Gasteiger partial charge in [0.2, 0.25) is 0 Å². The molecule has 1 amide bonds. The van der Waals surface area contributed by atoms with E-state index in [4.69, 9.17) is 9.15 Å². The summed E-state index contributed by atoms with van der Waals surface area (Å²) in [6, 6.07) is 8.20. The molecular formula is C26H32N2O5. The van der Waals surface area contributed by atoms with E-state index in [0.29, 0.717) is 23.6 Å². The molecule has 4 rings (SSSR count). The van der Waals surface area contributed by atoms with E-state index >= 15 is 0 Å². The average Bonchev–Trinajstić information content (AvgIpc) is 3.46. The van der Waals surface area contributed by atoms with E-state index in [-0.39, 0.29) is 17.4 Å². The number of amides is 1. The van der Waals surface area contributed by atoms with E-state index in [1.807, 2.05) is 19.9 Å². The number of aliphatic hydroxyl groups is 1. The summed E-state index contributed by atoms with van der Waals surface area (Å²) in [5, 5.41) is 11.2. The number of ether oxygens (including phenoxy) is 1. The largest absolute Gasteiger partial charge is 0.507 e. The summed E-state index contributed by atoms with van der Waals surface area (Å²) in [7, 11) is 0. The summed E-state index contributed by atoms with van der Waals surface area (Å²) in [5.74, 6) is 0.486. The first kappa shape index (κ1) is 23.1. The van der Waals surface area contributed by atoms with E-state index in [2.05, 4.69) is 18.7 Å². The van der Waals surface area contributed by atoms with Gasteiger partial charge in [-0.2, -0.15) is 0 Å². The summed E-state index contributed by atoms with van der Waals surface area (Å²) < 4.78 is 11.6. The number of hydrogen-bond acceptors (Lipinski definition) is 6. The highest BCUT2D eigenvalue weighted by Gasteiger charge is 2.47. The molecule has 2 aromatic rings. The van der Waals surface area contributed by atoms with Gasteiger partial charge < -0.3 is 24.1 Å². The van der Waals surface area contributed by atoms with Gasteiger partial charge in [0, 0.05) is 18.5 Å². The third-order valence-corrected chi connectivity index (χ3v) is 6.51. The van der Waals surface area contributed by atoms with Crippen LogP contribution in [0.5, 0.6) is 5.75 Å². The number of fused-ring (bicyclic) bond motifs is 1. The molecule has 0 aliphatic carbocycles. The van der Waals surface area contributed by atoms with Crippen molar-refractivity contribution < 1.29 is 23.8 Å². The molecule has 0 spiro atoms. The van der Waals surface area contributed by atoms with Crippen LogP contribution < -0.4 is 4.74 Å². The van der Waals surface area contributed by atoms with Gasteiger partial charge in [-0.15, -0.1) is 0 Å². The molecule has 33 heavy (non-hydrogen) atoms. The fourth-order valence-corrected chi connectivity index (χ4v) is 4.74. The van der Waals surface area contributed by atoms with Crippen LogP contribution in [-0.2, 0) is 16.0 Å². The molecule has 0 unspecified atom stereocenters. The van der Waals surface area contributed by atoms with Crippen LogP contribution in [0.4, 0.5) is 0 Å². The minimum absolute atomic E-state index is 0.0693. The lowest BCUT2D eigenvalue weighted by atomic mass is 9.97. The maximum atomic E-state index is 13.1. The van der Waals surface area contributed by atoms with Crippen LogP contribution in [0.1, 0.15) is 55.9 Å². The van der Waals surface area contributed by atoms with Gasteiger partial charge in [0.25, 0.3) is 11.7 Å². The Hall–Kier alpha value is -3.06. The number of likely N-dealkylation sites (tertiary alicyclic amines) is 1. The van der Waals surface area contributed by atoms with Gasteiger partial charge in [-0.25, -0.2) is 0 Å². The molecule has 0 bridgehead atoms. The van der Waals surface area contributed by atoms with Crippen molar-refractivity contribution in [2.45, 2.75) is 52.7 Å². The van der Waals surface area contributed by atoms with Gasteiger partial charge in [-0.3, -0.25) is 9.59 Å². The quantitative estimate of drug-likeness (QED) is 0.369. The SMILES string of the molecule is CCN(CC)CCCN1C(=O)C(=O)/C(=C(/O)c2ccc3c(c2)C[C@@H](C)O3)[C@H]1c1ccc(C)o1. The van der Waals surface area contributed by atoms with Gasteiger partial charge in [0.05, 0.1) is 5.57 Å². The smallest absolute Gasteiger partial charge is 0.295 e. The van der Waals surface area contributed by atoms with E-state index in [1.54, 1.807) is 24.3 Å². The number of carbonyl (C=O) groups is 2. The van der Waals surface area contributed by atoms with E-state index in [0.717, 1.165) is 43.8 Å². The first-order chi connectivity index (χ1) is 15.8. The number of benzene rings is 1. The molecule has 1 fully saturated rings. The van der Waals surface area contributed by atoms with Crippen molar-refractivity contribution in [3.05, 3.63) is 58.6 Å². The molecule has 2 aliphatic heterocycles. The lowest BCUT2D eigenvalue weighted by Crippen LogP contribution is -2.33. The predicted octanol–water partition coefficient (Wildman–Crippen LogP) is 4.07. The van der Waals surface area contributed by atoms with Crippen molar-refractivity contribution in [1.82, 2.24) is 9.80 Å². The number of carbonyl (C=O) groups excluding carboxylic acids is 2. The molecule has 2 aliphatic rings.